The Labute approximate surface area is 135 Å². The molecule has 0 spiro atoms. The molecule has 0 saturated carbocycles. The van der Waals surface area contributed by atoms with Crippen molar-refractivity contribution < 1.29 is 9.90 Å². The summed E-state index contributed by atoms with van der Waals surface area (Å²) >= 11 is 0. The quantitative estimate of drug-likeness (QED) is 0.916. The third-order valence-electron chi connectivity index (χ3n) is 4.11. The van der Waals surface area contributed by atoms with Crippen molar-refractivity contribution in [1.82, 2.24) is 19.6 Å². The largest absolute Gasteiger partial charge is 0.477 e. The number of carboxylic acids is 1. The molecule has 23 heavy (non-hydrogen) atoms. The van der Waals surface area contributed by atoms with Crippen LogP contribution in [0.1, 0.15) is 62.8 Å². The van der Waals surface area contributed by atoms with Gasteiger partial charge in [-0.15, -0.1) is 5.10 Å². The standard InChI is InChI=1S/C16H23N5O2/c1-16(2,3)14-18-15-17-11(13(22)23)10-12(21(15)19-14)20-8-6-4-5-7-9-20/h10H,4-9H2,1-3H3,(H,22,23). The lowest BCUT2D eigenvalue weighted by Gasteiger charge is -2.23. The molecule has 0 bridgehead atoms. The average Bonchev–Trinajstić information content (AvgIpc) is 2.74. The highest BCUT2D eigenvalue weighted by Gasteiger charge is 2.24. The zero-order chi connectivity index (χ0) is 16.6. The molecule has 3 rings (SSSR count). The third-order valence-corrected chi connectivity index (χ3v) is 4.11. The molecular weight excluding hydrogens is 294 g/mol. The Morgan fingerprint density at radius 1 is 1.13 bits per heavy atom. The lowest BCUT2D eigenvalue weighted by atomic mass is 9.96. The maximum atomic E-state index is 11.4. The zero-order valence-electron chi connectivity index (χ0n) is 13.9. The molecular formula is C16H23N5O2. The molecule has 1 N–H and O–H groups in total. The molecule has 7 heteroatoms. The lowest BCUT2D eigenvalue weighted by Crippen LogP contribution is -2.27. The predicted molar refractivity (Wildman–Crippen MR) is 87.1 cm³/mol. The molecule has 0 radical (unpaired) electrons. The van der Waals surface area contributed by atoms with Crippen LogP contribution in [0.3, 0.4) is 0 Å². The van der Waals surface area contributed by atoms with Crippen LogP contribution in [0, 0.1) is 0 Å². The van der Waals surface area contributed by atoms with E-state index in [1.54, 1.807) is 10.6 Å². The molecule has 7 nitrogen and oxygen atoms in total. The number of anilines is 1. The Balaban J connectivity index is 2.16. The number of aromatic carboxylic acids is 1. The van der Waals surface area contributed by atoms with Crippen LogP contribution in [0.5, 0.6) is 0 Å². The average molecular weight is 317 g/mol. The SMILES string of the molecule is CC(C)(C)c1nc2nc(C(=O)O)cc(N3CCCCCC3)n2n1. The van der Waals surface area contributed by atoms with Crippen molar-refractivity contribution in [2.45, 2.75) is 51.9 Å². The summed E-state index contributed by atoms with van der Waals surface area (Å²) in [5, 5.41) is 13.9. The summed E-state index contributed by atoms with van der Waals surface area (Å²) in [6.45, 7) is 7.91. The van der Waals surface area contributed by atoms with Gasteiger partial charge in [0.05, 0.1) is 0 Å². The van der Waals surface area contributed by atoms with Gasteiger partial charge in [0, 0.05) is 24.6 Å². The monoisotopic (exact) mass is 317 g/mol. The summed E-state index contributed by atoms with van der Waals surface area (Å²) in [5.74, 6) is 0.763. The zero-order valence-corrected chi connectivity index (χ0v) is 13.9. The summed E-state index contributed by atoms with van der Waals surface area (Å²) < 4.78 is 1.69. The predicted octanol–water partition coefficient (Wildman–Crippen LogP) is 2.50. The molecule has 3 heterocycles. The minimum atomic E-state index is -1.04. The number of carboxylic acid groups (broad SMARTS) is 1. The molecule has 124 valence electrons. The highest BCUT2D eigenvalue weighted by molar-refractivity contribution is 5.87. The second-order valence-electron chi connectivity index (χ2n) is 7.10. The number of carbonyl (C=O) groups is 1. The van der Waals surface area contributed by atoms with Crippen molar-refractivity contribution in [2.24, 2.45) is 0 Å². The van der Waals surface area contributed by atoms with Gasteiger partial charge in [-0.2, -0.15) is 9.50 Å². The first kappa shape index (κ1) is 15.7. The molecule has 0 aromatic carbocycles. The van der Waals surface area contributed by atoms with E-state index in [0.29, 0.717) is 11.6 Å². The third kappa shape index (κ3) is 3.13. The van der Waals surface area contributed by atoms with E-state index in [9.17, 15) is 9.90 Å². The highest BCUT2D eigenvalue weighted by Crippen LogP contribution is 2.24. The second-order valence-corrected chi connectivity index (χ2v) is 7.10. The van der Waals surface area contributed by atoms with Gasteiger partial charge in [-0.05, 0) is 12.8 Å². The van der Waals surface area contributed by atoms with Crippen LogP contribution in [0.2, 0.25) is 0 Å². The maximum absolute atomic E-state index is 11.4. The van der Waals surface area contributed by atoms with Crippen LogP contribution < -0.4 is 4.90 Å². The van der Waals surface area contributed by atoms with Gasteiger partial charge in [0.25, 0.3) is 5.78 Å². The molecule has 1 aliphatic heterocycles. The van der Waals surface area contributed by atoms with Gasteiger partial charge >= 0.3 is 5.97 Å². The van der Waals surface area contributed by atoms with Gasteiger partial charge < -0.3 is 10.0 Å². The van der Waals surface area contributed by atoms with Gasteiger partial charge in [0.15, 0.2) is 11.5 Å². The van der Waals surface area contributed by atoms with Crippen LogP contribution in [-0.2, 0) is 5.41 Å². The van der Waals surface area contributed by atoms with Gasteiger partial charge in [-0.1, -0.05) is 33.6 Å². The normalized spacial score (nSPS) is 16.6. The minimum absolute atomic E-state index is 0.0182. The van der Waals surface area contributed by atoms with Crippen LogP contribution in [0.15, 0.2) is 6.07 Å². The molecule has 2 aromatic rings. The highest BCUT2D eigenvalue weighted by atomic mass is 16.4. The fraction of sp³-hybridized carbons (Fsp3) is 0.625. The number of rotatable bonds is 2. The first-order valence-electron chi connectivity index (χ1n) is 8.13. The lowest BCUT2D eigenvalue weighted by molar-refractivity contribution is 0.0690. The minimum Gasteiger partial charge on any atom is -0.477 e. The first-order valence-corrected chi connectivity index (χ1v) is 8.13. The van der Waals surface area contributed by atoms with E-state index in [4.69, 9.17) is 0 Å². The number of hydrogen-bond donors (Lipinski definition) is 1. The van der Waals surface area contributed by atoms with Gasteiger partial charge in [0.1, 0.15) is 5.82 Å². The fourth-order valence-electron chi connectivity index (χ4n) is 2.81. The maximum Gasteiger partial charge on any atom is 0.354 e. The molecule has 0 atom stereocenters. The Bertz CT molecular complexity index is 724. The van der Waals surface area contributed by atoms with E-state index in [0.717, 1.165) is 31.7 Å². The van der Waals surface area contributed by atoms with Gasteiger partial charge in [0.2, 0.25) is 0 Å². The van der Waals surface area contributed by atoms with E-state index >= 15 is 0 Å². The summed E-state index contributed by atoms with van der Waals surface area (Å²) in [6, 6.07) is 1.61. The van der Waals surface area contributed by atoms with Crippen molar-refractivity contribution >= 4 is 17.6 Å². The summed E-state index contributed by atoms with van der Waals surface area (Å²) in [6.07, 6.45) is 4.63. The molecule has 2 aromatic heterocycles. The topological polar surface area (TPSA) is 83.6 Å². The van der Waals surface area contributed by atoms with Crippen molar-refractivity contribution in [3.63, 3.8) is 0 Å². The van der Waals surface area contributed by atoms with Crippen molar-refractivity contribution in [2.75, 3.05) is 18.0 Å². The molecule has 0 amide bonds. The van der Waals surface area contributed by atoms with Crippen LogP contribution in [0.4, 0.5) is 5.82 Å². The van der Waals surface area contributed by atoms with Crippen molar-refractivity contribution in [1.29, 1.82) is 0 Å². The van der Waals surface area contributed by atoms with E-state index in [2.05, 4.69) is 20.0 Å². The molecule has 0 aliphatic carbocycles. The smallest absolute Gasteiger partial charge is 0.354 e. The van der Waals surface area contributed by atoms with Gasteiger partial charge in [-0.25, -0.2) is 9.78 Å². The number of hydrogen-bond acceptors (Lipinski definition) is 5. The Morgan fingerprint density at radius 2 is 1.78 bits per heavy atom. The Kier molecular flexibility index (Phi) is 3.95. The molecule has 0 unspecified atom stereocenters. The Hall–Kier alpha value is -2.18. The van der Waals surface area contributed by atoms with Gasteiger partial charge in [-0.3, -0.25) is 0 Å². The fourth-order valence-corrected chi connectivity index (χ4v) is 2.81. The van der Waals surface area contributed by atoms with E-state index in [-0.39, 0.29) is 11.1 Å². The molecule has 1 fully saturated rings. The van der Waals surface area contributed by atoms with Crippen LogP contribution >= 0.6 is 0 Å². The molecule has 1 aliphatic rings. The summed E-state index contributed by atoms with van der Waals surface area (Å²) in [7, 11) is 0. The number of aromatic nitrogens is 4. The molecule has 1 saturated heterocycles. The number of nitrogens with zero attached hydrogens (tertiary/aromatic N) is 5. The van der Waals surface area contributed by atoms with E-state index in [1.807, 2.05) is 20.8 Å². The van der Waals surface area contributed by atoms with Crippen molar-refractivity contribution in [3.05, 3.63) is 17.6 Å². The van der Waals surface area contributed by atoms with E-state index in [1.165, 1.54) is 12.8 Å². The van der Waals surface area contributed by atoms with Crippen LogP contribution in [0.25, 0.3) is 5.78 Å². The Morgan fingerprint density at radius 3 is 2.35 bits per heavy atom. The van der Waals surface area contributed by atoms with E-state index < -0.39 is 5.97 Å². The summed E-state index contributed by atoms with van der Waals surface area (Å²) in [4.78, 5) is 22.2. The number of fused-ring (bicyclic) bond motifs is 1. The first-order chi connectivity index (χ1) is 10.9. The summed E-state index contributed by atoms with van der Waals surface area (Å²) in [5.41, 5.74) is -0.197. The van der Waals surface area contributed by atoms with Crippen LogP contribution in [-0.4, -0.2) is 43.7 Å². The van der Waals surface area contributed by atoms with Crippen molar-refractivity contribution in [3.8, 4) is 0 Å². The second kappa shape index (κ2) is 5.79.